The summed E-state index contributed by atoms with van der Waals surface area (Å²) in [5, 5.41) is 12.0. The predicted molar refractivity (Wildman–Crippen MR) is 69.4 cm³/mol. The van der Waals surface area contributed by atoms with Gasteiger partial charge >= 0.3 is 0 Å². The van der Waals surface area contributed by atoms with Crippen molar-refractivity contribution in [2.24, 2.45) is 0 Å². The molecular weight excluding hydrogens is 232 g/mol. The number of hydrogen-bond acceptors (Lipinski definition) is 4. The number of rotatable bonds is 4. The second kappa shape index (κ2) is 4.37. The van der Waals surface area contributed by atoms with Crippen molar-refractivity contribution in [3.8, 4) is 5.88 Å². The smallest absolute Gasteiger partial charge is 0.223 e. The monoisotopic (exact) mass is 246 g/mol. The lowest BCUT2D eigenvalue weighted by molar-refractivity contribution is 0.457. The van der Waals surface area contributed by atoms with Gasteiger partial charge in [0.15, 0.2) is 5.13 Å². The molecule has 2 aromatic rings. The van der Waals surface area contributed by atoms with Gasteiger partial charge in [0.25, 0.3) is 0 Å². The Kier molecular flexibility index (Phi) is 2.73. The van der Waals surface area contributed by atoms with E-state index in [1.165, 1.54) is 29.7 Å². The average Bonchev–Trinajstić information content (AvgIpc) is 3.10. The summed E-state index contributed by atoms with van der Waals surface area (Å²) in [7, 11) is 0. The van der Waals surface area contributed by atoms with Gasteiger partial charge in [-0.05, 0) is 18.4 Å². The zero-order chi connectivity index (χ0) is 11.7. The minimum atomic E-state index is 0.128. The van der Waals surface area contributed by atoms with Gasteiger partial charge in [0.1, 0.15) is 0 Å². The van der Waals surface area contributed by atoms with E-state index in [1.807, 2.05) is 6.07 Å². The number of aromatic hydroxyl groups is 1. The van der Waals surface area contributed by atoms with Gasteiger partial charge < -0.3 is 10.0 Å². The van der Waals surface area contributed by atoms with Gasteiger partial charge in [-0.1, -0.05) is 30.3 Å². The van der Waals surface area contributed by atoms with Crippen LogP contribution in [0.1, 0.15) is 18.4 Å². The maximum atomic E-state index is 9.34. The lowest BCUT2D eigenvalue weighted by atomic mass is 10.2. The molecule has 0 atom stereocenters. The van der Waals surface area contributed by atoms with Crippen molar-refractivity contribution >= 4 is 16.5 Å². The van der Waals surface area contributed by atoms with Crippen LogP contribution in [0.2, 0.25) is 0 Å². The summed E-state index contributed by atoms with van der Waals surface area (Å²) in [6, 6.07) is 11.0. The highest BCUT2D eigenvalue weighted by atomic mass is 32.1. The van der Waals surface area contributed by atoms with Gasteiger partial charge in [-0.15, -0.1) is 11.3 Å². The standard InChI is InChI=1S/C13H14N2OS/c16-12-9-17-13(14-12)15(11-6-7-11)8-10-4-2-1-3-5-10/h1-5,9,11,16H,6-8H2. The van der Waals surface area contributed by atoms with Crippen LogP contribution in [0.3, 0.4) is 0 Å². The average molecular weight is 246 g/mol. The Morgan fingerprint density at radius 3 is 2.65 bits per heavy atom. The van der Waals surface area contributed by atoms with Gasteiger partial charge in [0.2, 0.25) is 5.88 Å². The summed E-state index contributed by atoms with van der Waals surface area (Å²) >= 11 is 1.51. The molecule has 3 rings (SSSR count). The first-order valence-corrected chi connectivity index (χ1v) is 6.66. The molecule has 0 saturated heterocycles. The lowest BCUT2D eigenvalue weighted by Crippen LogP contribution is -2.24. The highest BCUT2D eigenvalue weighted by Gasteiger charge is 2.30. The minimum Gasteiger partial charge on any atom is -0.493 e. The second-order valence-corrected chi connectivity index (χ2v) is 5.17. The van der Waals surface area contributed by atoms with E-state index in [-0.39, 0.29) is 5.88 Å². The molecule has 0 spiro atoms. The summed E-state index contributed by atoms with van der Waals surface area (Å²) < 4.78 is 0. The second-order valence-electron chi connectivity index (χ2n) is 4.33. The maximum Gasteiger partial charge on any atom is 0.223 e. The normalized spacial score (nSPS) is 14.8. The summed E-state index contributed by atoms with van der Waals surface area (Å²) in [6.45, 7) is 0.873. The maximum absolute atomic E-state index is 9.34. The minimum absolute atomic E-state index is 0.128. The molecule has 88 valence electrons. The first-order valence-electron chi connectivity index (χ1n) is 5.78. The Bertz CT molecular complexity index is 493. The highest BCUT2D eigenvalue weighted by molar-refractivity contribution is 7.13. The van der Waals surface area contributed by atoms with Crippen LogP contribution in [0.4, 0.5) is 5.13 Å². The molecule has 1 aromatic heterocycles. The molecule has 0 radical (unpaired) electrons. The van der Waals surface area contributed by atoms with E-state index in [0.717, 1.165) is 11.7 Å². The third-order valence-electron chi connectivity index (χ3n) is 2.91. The van der Waals surface area contributed by atoms with Gasteiger partial charge in [0.05, 0.1) is 5.38 Å². The predicted octanol–water partition coefficient (Wildman–Crippen LogP) is 3.02. The highest BCUT2D eigenvalue weighted by Crippen LogP contribution is 2.35. The molecule has 0 unspecified atom stereocenters. The third-order valence-corrected chi connectivity index (χ3v) is 3.77. The molecule has 1 N–H and O–H groups in total. The van der Waals surface area contributed by atoms with Crippen LogP contribution in [0.25, 0.3) is 0 Å². The topological polar surface area (TPSA) is 36.4 Å². The molecule has 0 bridgehead atoms. The number of aromatic nitrogens is 1. The molecule has 0 aliphatic heterocycles. The van der Waals surface area contributed by atoms with E-state index < -0.39 is 0 Å². The van der Waals surface area contributed by atoms with Crippen LogP contribution in [0.15, 0.2) is 35.7 Å². The molecule has 1 aliphatic rings. The van der Waals surface area contributed by atoms with E-state index in [0.29, 0.717) is 6.04 Å². The zero-order valence-corrected chi connectivity index (χ0v) is 10.2. The van der Waals surface area contributed by atoms with Gasteiger partial charge in [-0.3, -0.25) is 0 Å². The fraction of sp³-hybridized carbons (Fsp3) is 0.308. The van der Waals surface area contributed by atoms with Crippen LogP contribution >= 0.6 is 11.3 Å². The van der Waals surface area contributed by atoms with Crippen LogP contribution in [0.5, 0.6) is 5.88 Å². The summed E-state index contributed by atoms with van der Waals surface area (Å²) in [6.07, 6.45) is 2.46. The van der Waals surface area contributed by atoms with Crippen molar-refractivity contribution in [1.82, 2.24) is 4.98 Å². The molecule has 17 heavy (non-hydrogen) atoms. The Morgan fingerprint density at radius 1 is 1.29 bits per heavy atom. The van der Waals surface area contributed by atoms with Gasteiger partial charge in [-0.25, -0.2) is 0 Å². The number of nitrogens with zero attached hydrogens (tertiary/aromatic N) is 2. The molecule has 1 aromatic carbocycles. The van der Waals surface area contributed by atoms with Crippen molar-refractivity contribution in [2.75, 3.05) is 4.90 Å². The number of anilines is 1. The number of benzene rings is 1. The Balaban J connectivity index is 1.81. The van der Waals surface area contributed by atoms with E-state index >= 15 is 0 Å². The fourth-order valence-electron chi connectivity index (χ4n) is 1.91. The summed E-state index contributed by atoms with van der Waals surface area (Å²) in [5.41, 5.74) is 1.29. The Hall–Kier alpha value is -1.55. The van der Waals surface area contributed by atoms with Crippen LogP contribution in [-0.4, -0.2) is 16.1 Å². The van der Waals surface area contributed by atoms with Crippen molar-refractivity contribution in [3.05, 3.63) is 41.3 Å². The van der Waals surface area contributed by atoms with E-state index in [9.17, 15) is 5.11 Å². The van der Waals surface area contributed by atoms with Gasteiger partial charge in [-0.2, -0.15) is 4.98 Å². The van der Waals surface area contributed by atoms with E-state index in [4.69, 9.17) is 0 Å². The Morgan fingerprint density at radius 2 is 2.06 bits per heavy atom. The molecule has 1 aliphatic carbocycles. The van der Waals surface area contributed by atoms with Crippen molar-refractivity contribution in [2.45, 2.75) is 25.4 Å². The van der Waals surface area contributed by atoms with Crippen LogP contribution in [0, 0.1) is 0 Å². The first-order chi connectivity index (χ1) is 8.33. The number of hydrogen-bond donors (Lipinski definition) is 1. The van der Waals surface area contributed by atoms with Gasteiger partial charge in [0, 0.05) is 12.6 Å². The molecular formula is C13H14N2OS. The van der Waals surface area contributed by atoms with Crippen molar-refractivity contribution in [3.63, 3.8) is 0 Å². The summed E-state index contributed by atoms with van der Waals surface area (Å²) in [4.78, 5) is 6.46. The largest absolute Gasteiger partial charge is 0.493 e. The van der Waals surface area contributed by atoms with Crippen LogP contribution < -0.4 is 4.90 Å². The van der Waals surface area contributed by atoms with E-state index in [1.54, 1.807) is 5.38 Å². The molecule has 4 heteroatoms. The van der Waals surface area contributed by atoms with E-state index in [2.05, 4.69) is 34.1 Å². The zero-order valence-electron chi connectivity index (χ0n) is 9.41. The molecule has 3 nitrogen and oxygen atoms in total. The molecule has 1 fully saturated rings. The quantitative estimate of drug-likeness (QED) is 0.901. The Labute approximate surface area is 104 Å². The first kappa shape index (κ1) is 10.6. The summed E-state index contributed by atoms with van der Waals surface area (Å²) in [5.74, 6) is 0.128. The number of thiazole rings is 1. The van der Waals surface area contributed by atoms with Crippen molar-refractivity contribution < 1.29 is 5.11 Å². The lowest BCUT2D eigenvalue weighted by Gasteiger charge is -2.21. The van der Waals surface area contributed by atoms with Crippen LogP contribution in [-0.2, 0) is 6.54 Å². The molecule has 1 heterocycles. The molecule has 0 amide bonds. The third kappa shape index (κ3) is 2.42. The fourth-order valence-corrected chi connectivity index (χ4v) is 2.67. The van der Waals surface area contributed by atoms with Crippen molar-refractivity contribution in [1.29, 1.82) is 0 Å². The molecule has 1 saturated carbocycles. The SMILES string of the molecule is Oc1csc(N(Cc2ccccc2)C2CC2)n1.